The van der Waals surface area contributed by atoms with Gasteiger partial charge in [-0.05, 0) is 6.04 Å². The van der Waals surface area contributed by atoms with E-state index in [0.29, 0.717) is 0 Å². The van der Waals surface area contributed by atoms with Gasteiger partial charge in [0.25, 0.3) is 0 Å². The molecule has 0 aromatic heterocycles. The highest BCUT2D eigenvalue weighted by molar-refractivity contribution is 8.14. The van der Waals surface area contributed by atoms with Gasteiger partial charge in [-0.2, -0.15) is 0 Å². The van der Waals surface area contributed by atoms with Gasteiger partial charge in [0.2, 0.25) is 0 Å². The van der Waals surface area contributed by atoms with Crippen LogP contribution in [0.15, 0.2) is 0 Å². The molecular weight excluding hydrogens is 168 g/mol. The maximum absolute atomic E-state index is 5.40. The minimum absolute atomic E-state index is 1.13. The zero-order valence-corrected chi connectivity index (χ0v) is 9.97. The number of hydrogen-bond acceptors (Lipinski definition) is 0. The summed E-state index contributed by atoms with van der Waals surface area (Å²) in [6.45, 7) is 6.82. The van der Waals surface area contributed by atoms with Crippen LogP contribution in [-0.4, -0.2) is 7.22 Å². The normalized spacial score (nSPS) is 12.0. The first kappa shape index (κ1) is 11.6. The van der Waals surface area contributed by atoms with Crippen molar-refractivity contribution in [2.24, 2.45) is 0 Å². The Balaban J connectivity index is 3.02. The Hall–Kier alpha value is 0.567. The number of unbranched alkanes of at least 4 members (excludes halogenated alkanes) is 4. The Morgan fingerprint density at radius 3 is 2.00 bits per heavy atom. The second kappa shape index (κ2) is 6.12. The van der Waals surface area contributed by atoms with Gasteiger partial charge >= 0.3 is 0 Å². The quantitative estimate of drug-likeness (QED) is 0.430. The molecule has 0 aliphatic rings. The van der Waals surface area contributed by atoms with E-state index < -0.39 is 7.22 Å². The molecule has 67 valence electrons. The van der Waals surface area contributed by atoms with Gasteiger partial charge in [-0.15, -0.1) is 12.1 Å². The molecular formula is C9H21SSi. The molecule has 0 aromatic rings. The Kier molecular flexibility index (Phi) is 6.44. The van der Waals surface area contributed by atoms with E-state index in [-0.39, 0.29) is 0 Å². The highest BCUT2D eigenvalue weighted by Crippen LogP contribution is 2.18. The molecule has 11 heavy (non-hydrogen) atoms. The first-order chi connectivity index (χ1) is 5.06. The van der Waals surface area contributed by atoms with Crippen LogP contribution in [0.4, 0.5) is 0 Å². The predicted octanol–water partition coefficient (Wildman–Crippen LogP) is 4.36. The first-order valence-corrected chi connectivity index (χ1v) is 9.10. The van der Waals surface area contributed by atoms with Crippen LogP contribution >= 0.6 is 12.1 Å². The summed E-state index contributed by atoms with van der Waals surface area (Å²) in [6, 6.07) is 1.34. The maximum atomic E-state index is 5.40. The molecule has 0 aliphatic carbocycles. The fourth-order valence-electron chi connectivity index (χ4n) is 1.15. The van der Waals surface area contributed by atoms with E-state index in [1.54, 1.807) is 0 Å². The van der Waals surface area contributed by atoms with Crippen LogP contribution in [0.1, 0.15) is 39.0 Å². The van der Waals surface area contributed by atoms with Gasteiger partial charge in [0.05, 0.1) is 0 Å². The van der Waals surface area contributed by atoms with Crippen molar-refractivity contribution >= 4 is 19.3 Å². The molecule has 0 amide bonds. The topological polar surface area (TPSA) is 0 Å². The fourth-order valence-corrected chi connectivity index (χ4v) is 2.69. The van der Waals surface area contributed by atoms with E-state index in [9.17, 15) is 0 Å². The summed E-state index contributed by atoms with van der Waals surface area (Å²) in [4.78, 5) is 0. The molecule has 0 nitrogen and oxygen atoms in total. The predicted molar refractivity (Wildman–Crippen MR) is 58.6 cm³/mol. The Bertz CT molecular complexity index is 86.1. The zero-order chi connectivity index (χ0) is 8.74. The molecule has 1 radical (unpaired) electrons. The summed E-state index contributed by atoms with van der Waals surface area (Å²) in [7, 11) is -1.13. The van der Waals surface area contributed by atoms with Gasteiger partial charge < -0.3 is 0 Å². The van der Waals surface area contributed by atoms with Crippen LogP contribution < -0.4 is 0 Å². The van der Waals surface area contributed by atoms with Crippen molar-refractivity contribution < 1.29 is 0 Å². The fraction of sp³-hybridized carbons (Fsp3) is 1.00. The summed E-state index contributed by atoms with van der Waals surface area (Å²) < 4.78 is 0. The van der Waals surface area contributed by atoms with E-state index >= 15 is 0 Å². The SMILES string of the molecule is CCCCCCC[Si](C)(C)[S]. The average Bonchev–Trinajstić information content (AvgIpc) is 1.85. The lowest BCUT2D eigenvalue weighted by molar-refractivity contribution is 0.654. The van der Waals surface area contributed by atoms with E-state index in [1.807, 2.05) is 0 Å². The monoisotopic (exact) mass is 189 g/mol. The van der Waals surface area contributed by atoms with Crippen molar-refractivity contribution in [1.29, 1.82) is 0 Å². The second-order valence-corrected chi connectivity index (χ2v) is 11.3. The third-order valence-electron chi connectivity index (χ3n) is 1.88. The van der Waals surface area contributed by atoms with E-state index in [1.165, 1.54) is 38.1 Å². The van der Waals surface area contributed by atoms with Gasteiger partial charge in [-0.3, -0.25) is 0 Å². The van der Waals surface area contributed by atoms with E-state index in [0.717, 1.165) is 0 Å². The molecule has 0 fully saturated rings. The molecule has 0 saturated carbocycles. The van der Waals surface area contributed by atoms with Crippen LogP contribution in [0.5, 0.6) is 0 Å². The first-order valence-electron chi connectivity index (χ1n) is 4.76. The summed E-state index contributed by atoms with van der Waals surface area (Å²) >= 11 is 5.40. The van der Waals surface area contributed by atoms with E-state index in [4.69, 9.17) is 12.1 Å². The lowest BCUT2D eigenvalue weighted by atomic mass is 10.2. The molecule has 0 spiro atoms. The summed E-state index contributed by atoms with van der Waals surface area (Å²) in [5.74, 6) is 0. The zero-order valence-electron chi connectivity index (χ0n) is 8.15. The van der Waals surface area contributed by atoms with Crippen molar-refractivity contribution in [3.63, 3.8) is 0 Å². The standard InChI is InChI=1S/C9H21SSi/c1-4-5-6-7-8-9-11(2,3)10/h4-9H2,1-3H3. The van der Waals surface area contributed by atoms with Gasteiger partial charge in [0.1, 0.15) is 7.22 Å². The molecule has 0 aromatic carbocycles. The molecule has 2 heteroatoms. The average molecular weight is 189 g/mol. The van der Waals surface area contributed by atoms with Crippen LogP contribution in [0.3, 0.4) is 0 Å². The van der Waals surface area contributed by atoms with Crippen LogP contribution in [0, 0.1) is 0 Å². The number of rotatable bonds is 6. The van der Waals surface area contributed by atoms with Crippen molar-refractivity contribution in [2.45, 2.75) is 58.2 Å². The minimum atomic E-state index is -1.13. The molecule has 0 heterocycles. The van der Waals surface area contributed by atoms with Crippen molar-refractivity contribution in [3.05, 3.63) is 0 Å². The minimum Gasteiger partial charge on any atom is -0.128 e. The number of hydrogen-bond donors (Lipinski definition) is 0. The van der Waals surface area contributed by atoms with Gasteiger partial charge in [0, 0.05) is 0 Å². The van der Waals surface area contributed by atoms with Crippen molar-refractivity contribution in [3.8, 4) is 0 Å². The smallest absolute Gasteiger partial charge is 0.124 e. The highest BCUT2D eigenvalue weighted by atomic mass is 32.3. The van der Waals surface area contributed by atoms with Gasteiger partial charge in [-0.25, -0.2) is 0 Å². The molecule has 0 bridgehead atoms. The molecule has 0 atom stereocenters. The lowest BCUT2D eigenvalue weighted by Gasteiger charge is -2.12. The Morgan fingerprint density at radius 2 is 1.55 bits per heavy atom. The Morgan fingerprint density at radius 1 is 1.00 bits per heavy atom. The van der Waals surface area contributed by atoms with Crippen LogP contribution in [0.2, 0.25) is 19.1 Å². The second-order valence-electron chi connectivity index (χ2n) is 3.92. The summed E-state index contributed by atoms with van der Waals surface area (Å²) in [6.07, 6.45) is 6.94. The maximum Gasteiger partial charge on any atom is 0.124 e. The summed E-state index contributed by atoms with van der Waals surface area (Å²) in [5, 5.41) is 0. The Labute approximate surface area is 77.8 Å². The molecule has 0 unspecified atom stereocenters. The third-order valence-corrected chi connectivity index (χ3v) is 4.05. The molecule has 0 aliphatic heterocycles. The van der Waals surface area contributed by atoms with Crippen molar-refractivity contribution in [2.75, 3.05) is 0 Å². The molecule has 0 saturated heterocycles. The summed E-state index contributed by atoms with van der Waals surface area (Å²) in [5.41, 5.74) is 0. The third kappa shape index (κ3) is 10.6. The van der Waals surface area contributed by atoms with E-state index in [2.05, 4.69) is 20.0 Å². The molecule has 0 rings (SSSR count). The molecule has 0 N–H and O–H groups in total. The van der Waals surface area contributed by atoms with Crippen LogP contribution in [-0.2, 0) is 0 Å². The largest absolute Gasteiger partial charge is 0.128 e. The van der Waals surface area contributed by atoms with Crippen LogP contribution in [0.25, 0.3) is 0 Å². The lowest BCUT2D eigenvalue weighted by Crippen LogP contribution is -2.15. The van der Waals surface area contributed by atoms with Gasteiger partial charge in [-0.1, -0.05) is 52.1 Å². The highest BCUT2D eigenvalue weighted by Gasteiger charge is 2.14. The van der Waals surface area contributed by atoms with Crippen molar-refractivity contribution in [1.82, 2.24) is 0 Å². The van der Waals surface area contributed by atoms with Gasteiger partial charge in [0.15, 0.2) is 0 Å².